The van der Waals surface area contributed by atoms with E-state index in [1.807, 2.05) is 24.3 Å². The third kappa shape index (κ3) is 3.64. The zero-order valence-corrected chi connectivity index (χ0v) is 16.0. The number of hydrogen-bond acceptors (Lipinski definition) is 5. The summed E-state index contributed by atoms with van der Waals surface area (Å²) in [5.74, 6) is 0.878. The fourth-order valence-corrected chi connectivity index (χ4v) is 3.38. The molecule has 1 aliphatic rings. The summed E-state index contributed by atoms with van der Waals surface area (Å²) in [6, 6.07) is 10.9. The van der Waals surface area contributed by atoms with Gasteiger partial charge in [-0.05, 0) is 42.3 Å². The van der Waals surface area contributed by atoms with Crippen LogP contribution in [0.2, 0.25) is 5.02 Å². The van der Waals surface area contributed by atoms with Crippen molar-refractivity contribution < 1.29 is 14.6 Å². The molecule has 0 radical (unpaired) electrons. The average Bonchev–Trinajstić information content (AvgIpc) is 2.91. The Hall–Kier alpha value is -3.12. The molecule has 0 unspecified atom stereocenters. The Balaban J connectivity index is 1.68. The summed E-state index contributed by atoms with van der Waals surface area (Å²) in [5.41, 5.74) is 2.83. The van der Waals surface area contributed by atoms with Crippen LogP contribution in [0.1, 0.15) is 21.7 Å². The highest BCUT2D eigenvalue weighted by molar-refractivity contribution is 6.30. The van der Waals surface area contributed by atoms with E-state index in [2.05, 4.69) is 9.97 Å². The number of aromatic hydroxyl groups is 1. The molecule has 0 aliphatic carbocycles. The fraction of sp³-hybridized carbons (Fsp3) is 0.190. The number of ether oxygens (including phenoxy) is 1. The predicted octanol–water partition coefficient (Wildman–Crippen LogP) is 3.85. The summed E-state index contributed by atoms with van der Waals surface area (Å²) in [6.45, 7) is 2.76. The molecule has 0 saturated carbocycles. The van der Waals surface area contributed by atoms with E-state index in [1.165, 1.54) is 12.4 Å². The molecule has 2 aromatic carbocycles. The van der Waals surface area contributed by atoms with Crippen molar-refractivity contribution in [3.05, 3.63) is 70.8 Å². The second kappa shape index (κ2) is 7.48. The standard InChI is InChI=1S/C21H18ClN3O3/c1-13-23-10-17(11-24-13)21(27)25-5-6-28-20-16(12-25)7-15(9-19(20)26)14-3-2-4-18(22)8-14/h2-4,7-11,26H,5-6,12H2,1H3. The van der Waals surface area contributed by atoms with Gasteiger partial charge < -0.3 is 14.7 Å². The third-order valence-electron chi connectivity index (χ3n) is 4.59. The van der Waals surface area contributed by atoms with E-state index in [-0.39, 0.29) is 18.3 Å². The van der Waals surface area contributed by atoms with E-state index < -0.39 is 0 Å². The molecule has 28 heavy (non-hydrogen) atoms. The maximum Gasteiger partial charge on any atom is 0.257 e. The van der Waals surface area contributed by atoms with Gasteiger partial charge in [-0.2, -0.15) is 0 Å². The van der Waals surface area contributed by atoms with E-state index in [9.17, 15) is 9.90 Å². The van der Waals surface area contributed by atoms with Crippen LogP contribution in [0.3, 0.4) is 0 Å². The smallest absolute Gasteiger partial charge is 0.257 e. The number of phenolic OH excluding ortho intramolecular Hbond substituents is 1. The molecule has 6 nitrogen and oxygen atoms in total. The summed E-state index contributed by atoms with van der Waals surface area (Å²) in [7, 11) is 0. The van der Waals surface area contributed by atoms with Gasteiger partial charge in [0, 0.05) is 29.5 Å². The van der Waals surface area contributed by atoms with E-state index in [0.717, 1.165) is 16.7 Å². The summed E-state index contributed by atoms with van der Waals surface area (Å²) in [6.07, 6.45) is 3.05. The van der Waals surface area contributed by atoms with Crippen molar-refractivity contribution in [3.63, 3.8) is 0 Å². The largest absolute Gasteiger partial charge is 0.504 e. The molecule has 1 aromatic heterocycles. The maximum atomic E-state index is 12.9. The van der Waals surface area contributed by atoms with Crippen molar-refractivity contribution in [2.24, 2.45) is 0 Å². The van der Waals surface area contributed by atoms with Gasteiger partial charge in [-0.3, -0.25) is 4.79 Å². The van der Waals surface area contributed by atoms with E-state index in [0.29, 0.717) is 35.2 Å². The Labute approximate surface area is 167 Å². The molecule has 4 rings (SSSR count). The van der Waals surface area contributed by atoms with Crippen molar-refractivity contribution in [1.82, 2.24) is 14.9 Å². The van der Waals surface area contributed by atoms with Crippen LogP contribution in [0, 0.1) is 6.92 Å². The molecule has 0 atom stereocenters. The Morgan fingerprint density at radius 3 is 2.71 bits per heavy atom. The van der Waals surface area contributed by atoms with Crippen molar-refractivity contribution in [3.8, 4) is 22.6 Å². The van der Waals surface area contributed by atoms with Gasteiger partial charge >= 0.3 is 0 Å². The van der Waals surface area contributed by atoms with Gasteiger partial charge in [0.05, 0.1) is 12.1 Å². The van der Waals surface area contributed by atoms with Crippen molar-refractivity contribution in [2.45, 2.75) is 13.5 Å². The lowest BCUT2D eigenvalue weighted by atomic mass is 10.0. The number of benzene rings is 2. The van der Waals surface area contributed by atoms with Gasteiger partial charge in [0.15, 0.2) is 11.5 Å². The van der Waals surface area contributed by atoms with Crippen molar-refractivity contribution in [2.75, 3.05) is 13.2 Å². The zero-order valence-electron chi connectivity index (χ0n) is 15.2. The lowest BCUT2D eigenvalue weighted by Crippen LogP contribution is -2.32. The van der Waals surface area contributed by atoms with E-state index >= 15 is 0 Å². The number of hydrogen-bond donors (Lipinski definition) is 1. The molecule has 3 aromatic rings. The molecule has 142 valence electrons. The molecular formula is C21H18ClN3O3. The molecule has 1 amide bonds. The van der Waals surface area contributed by atoms with Crippen molar-refractivity contribution in [1.29, 1.82) is 0 Å². The van der Waals surface area contributed by atoms with Crippen LogP contribution in [-0.4, -0.2) is 39.0 Å². The summed E-state index contributed by atoms with van der Waals surface area (Å²) in [5, 5.41) is 11.1. The van der Waals surface area contributed by atoms with Crippen LogP contribution in [-0.2, 0) is 6.54 Å². The third-order valence-corrected chi connectivity index (χ3v) is 4.82. The molecule has 0 fully saturated rings. The van der Waals surface area contributed by atoms with Crippen LogP contribution in [0.25, 0.3) is 11.1 Å². The first-order valence-corrected chi connectivity index (χ1v) is 9.21. The number of aromatic nitrogens is 2. The first kappa shape index (κ1) is 18.3. The molecule has 7 heteroatoms. The number of aryl methyl sites for hydroxylation is 1. The van der Waals surface area contributed by atoms with Gasteiger partial charge in [0.2, 0.25) is 0 Å². The van der Waals surface area contributed by atoms with Gasteiger partial charge in [0.1, 0.15) is 12.4 Å². The summed E-state index contributed by atoms with van der Waals surface area (Å²) in [4.78, 5) is 22.7. The number of carbonyl (C=O) groups is 1. The van der Waals surface area contributed by atoms with Crippen LogP contribution >= 0.6 is 11.6 Å². The van der Waals surface area contributed by atoms with Gasteiger partial charge in [-0.25, -0.2) is 9.97 Å². The first-order valence-electron chi connectivity index (χ1n) is 8.84. The zero-order chi connectivity index (χ0) is 19.7. The number of phenols is 1. The fourth-order valence-electron chi connectivity index (χ4n) is 3.19. The molecule has 1 aliphatic heterocycles. The highest BCUT2D eigenvalue weighted by atomic mass is 35.5. The topological polar surface area (TPSA) is 75.6 Å². The monoisotopic (exact) mass is 395 g/mol. The molecule has 0 bridgehead atoms. The second-order valence-electron chi connectivity index (χ2n) is 6.59. The maximum absolute atomic E-state index is 12.9. The molecule has 0 saturated heterocycles. The minimum absolute atomic E-state index is 0.0421. The minimum Gasteiger partial charge on any atom is -0.504 e. The highest BCUT2D eigenvalue weighted by Crippen LogP contribution is 2.38. The number of nitrogens with zero attached hydrogens (tertiary/aromatic N) is 3. The number of rotatable bonds is 2. The van der Waals surface area contributed by atoms with Gasteiger partial charge in [-0.1, -0.05) is 23.7 Å². The Kier molecular flexibility index (Phi) is 4.88. The van der Waals surface area contributed by atoms with Crippen LogP contribution in [0.4, 0.5) is 0 Å². The summed E-state index contributed by atoms with van der Waals surface area (Å²) >= 11 is 6.10. The first-order chi connectivity index (χ1) is 13.5. The minimum atomic E-state index is -0.177. The molecule has 2 heterocycles. The SMILES string of the molecule is Cc1ncc(C(=O)N2CCOc3c(O)cc(-c4cccc(Cl)c4)cc3C2)cn1. The second-order valence-corrected chi connectivity index (χ2v) is 7.02. The van der Waals surface area contributed by atoms with Gasteiger partial charge in [0.25, 0.3) is 5.91 Å². The average molecular weight is 396 g/mol. The van der Waals surface area contributed by atoms with Crippen molar-refractivity contribution >= 4 is 17.5 Å². The van der Waals surface area contributed by atoms with Crippen LogP contribution in [0.15, 0.2) is 48.8 Å². The predicted molar refractivity (Wildman–Crippen MR) is 106 cm³/mol. The number of amides is 1. The number of halogens is 1. The normalized spacial score (nSPS) is 13.4. The lowest BCUT2D eigenvalue weighted by molar-refractivity contribution is 0.0732. The van der Waals surface area contributed by atoms with Crippen LogP contribution in [0.5, 0.6) is 11.5 Å². The van der Waals surface area contributed by atoms with Gasteiger partial charge in [-0.15, -0.1) is 0 Å². The van der Waals surface area contributed by atoms with E-state index in [1.54, 1.807) is 24.0 Å². The Bertz CT molecular complexity index is 1040. The number of fused-ring (bicyclic) bond motifs is 1. The lowest BCUT2D eigenvalue weighted by Gasteiger charge is -2.20. The molecule has 1 N–H and O–H groups in total. The number of carbonyl (C=O) groups excluding carboxylic acids is 1. The summed E-state index contributed by atoms with van der Waals surface area (Å²) < 4.78 is 5.73. The Morgan fingerprint density at radius 1 is 1.18 bits per heavy atom. The van der Waals surface area contributed by atoms with Crippen LogP contribution < -0.4 is 4.74 Å². The molecule has 0 spiro atoms. The molecular weight excluding hydrogens is 378 g/mol. The quantitative estimate of drug-likeness (QED) is 0.713. The highest BCUT2D eigenvalue weighted by Gasteiger charge is 2.24. The Morgan fingerprint density at radius 2 is 1.96 bits per heavy atom. The van der Waals surface area contributed by atoms with E-state index in [4.69, 9.17) is 16.3 Å².